The third kappa shape index (κ3) is 5.06. The van der Waals surface area contributed by atoms with Crippen molar-refractivity contribution in [2.75, 3.05) is 12.4 Å². The Morgan fingerprint density at radius 3 is 2.28 bits per heavy atom. The van der Waals surface area contributed by atoms with Gasteiger partial charge in [0.05, 0.1) is 19.7 Å². The summed E-state index contributed by atoms with van der Waals surface area (Å²) in [6.45, 7) is 0. The number of aromatic nitrogens is 2. The zero-order valence-corrected chi connectivity index (χ0v) is 20.1. The number of benzene rings is 4. The minimum atomic E-state index is -0.333. The molecule has 0 aliphatic heterocycles. The van der Waals surface area contributed by atoms with Crippen molar-refractivity contribution < 1.29 is 14.3 Å². The van der Waals surface area contributed by atoms with Crippen LogP contribution < -0.4 is 15.5 Å². The minimum Gasteiger partial charge on any atom is -0.497 e. The number of carbonyl (C=O) groups excluding carboxylic acids is 2. The Kier molecular flexibility index (Phi) is 6.63. The number of amides is 2. The highest BCUT2D eigenvalue weighted by molar-refractivity contribution is 7.15. The summed E-state index contributed by atoms with van der Waals surface area (Å²) in [6.07, 6.45) is 1.66. The molecule has 0 unspecified atom stereocenters. The number of rotatable bonds is 7. The predicted molar refractivity (Wildman–Crippen MR) is 142 cm³/mol. The van der Waals surface area contributed by atoms with Gasteiger partial charge in [0.2, 0.25) is 11.0 Å². The first kappa shape index (κ1) is 23.1. The fourth-order valence-corrected chi connectivity index (χ4v) is 4.55. The van der Waals surface area contributed by atoms with Gasteiger partial charge in [0.25, 0.3) is 5.91 Å². The van der Waals surface area contributed by atoms with Crippen LogP contribution in [0, 0.1) is 0 Å². The van der Waals surface area contributed by atoms with E-state index in [2.05, 4.69) is 44.2 Å². The summed E-state index contributed by atoms with van der Waals surface area (Å²) in [5, 5.41) is 19.9. The van der Waals surface area contributed by atoms with Crippen LogP contribution in [-0.4, -0.2) is 35.3 Å². The van der Waals surface area contributed by atoms with Gasteiger partial charge < -0.3 is 4.74 Å². The molecule has 0 saturated heterocycles. The lowest BCUT2D eigenvalue weighted by molar-refractivity contribution is -0.120. The molecule has 1 heterocycles. The standard InChI is InChI=1S/C27H21N5O3S/c1-35-20-12-10-17(11-13-20)26(34)29-27-32-31-25(36-27)15-24(33)30-28-16-23-21-8-4-2-6-18(21)14-19-7-3-5-9-22(19)23/h2-14,16H,15H2,1H3,(H,30,33)(H,29,32,34)/b28-16+. The maximum atomic E-state index is 12.5. The van der Waals surface area contributed by atoms with E-state index in [0.717, 1.165) is 38.4 Å². The maximum absolute atomic E-state index is 12.5. The van der Waals surface area contributed by atoms with Crippen molar-refractivity contribution in [2.24, 2.45) is 5.10 Å². The molecule has 9 heteroatoms. The van der Waals surface area contributed by atoms with Gasteiger partial charge >= 0.3 is 0 Å². The summed E-state index contributed by atoms with van der Waals surface area (Å²) in [5.41, 5.74) is 3.96. The van der Waals surface area contributed by atoms with E-state index in [0.29, 0.717) is 21.5 Å². The van der Waals surface area contributed by atoms with E-state index in [4.69, 9.17) is 4.74 Å². The van der Waals surface area contributed by atoms with Crippen LogP contribution in [0.1, 0.15) is 20.9 Å². The van der Waals surface area contributed by atoms with Gasteiger partial charge in [0.15, 0.2) is 0 Å². The highest BCUT2D eigenvalue weighted by atomic mass is 32.1. The molecule has 0 spiro atoms. The van der Waals surface area contributed by atoms with Gasteiger partial charge in [0, 0.05) is 11.1 Å². The third-order valence-electron chi connectivity index (χ3n) is 5.55. The van der Waals surface area contributed by atoms with Crippen LogP contribution in [0.5, 0.6) is 5.75 Å². The Labute approximate surface area is 210 Å². The third-order valence-corrected chi connectivity index (χ3v) is 6.39. The summed E-state index contributed by atoms with van der Waals surface area (Å²) in [6, 6.07) is 25.0. The van der Waals surface area contributed by atoms with Crippen molar-refractivity contribution in [1.82, 2.24) is 15.6 Å². The first-order chi connectivity index (χ1) is 17.6. The summed E-state index contributed by atoms with van der Waals surface area (Å²) in [7, 11) is 1.56. The first-order valence-electron chi connectivity index (χ1n) is 11.1. The molecule has 2 amide bonds. The lowest BCUT2D eigenvalue weighted by Crippen LogP contribution is -2.19. The van der Waals surface area contributed by atoms with E-state index >= 15 is 0 Å². The van der Waals surface area contributed by atoms with Crippen molar-refractivity contribution in [1.29, 1.82) is 0 Å². The van der Waals surface area contributed by atoms with Gasteiger partial charge in [-0.15, -0.1) is 10.2 Å². The number of nitrogens with one attached hydrogen (secondary N) is 2. The number of ether oxygens (including phenoxy) is 1. The molecule has 0 atom stereocenters. The fourth-order valence-electron chi connectivity index (χ4n) is 3.82. The Morgan fingerprint density at radius 1 is 0.944 bits per heavy atom. The molecule has 8 nitrogen and oxygen atoms in total. The molecule has 0 aliphatic rings. The fraction of sp³-hybridized carbons (Fsp3) is 0.0741. The number of nitrogens with zero attached hydrogens (tertiary/aromatic N) is 3. The summed E-state index contributed by atoms with van der Waals surface area (Å²) < 4.78 is 5.10. The molecule has 4 aromatic carbocycles. The van der Waals surface area contributed by atoms with Crippen LogP contribution in [0.2, 0.25) is 0 Å². The van der Waals surface area contributed by atoms with E-state index in [1.54, 1.807) is 37.6 Å². The highest BCUT2D eigenvalue weighted by Gasteiger charge is 2.13. The second kappa shape index (κ2) is 10.3. The molecule has 0 fully saturated rings. The van der Waals surface area contributed by atoms with Crippen LogP contribution in [0.15, 0.2) is 84.0 Å². The van der Waals surface area contributed by atoms with Gasteiger partial charge in [-0.25, -0.2) is 5.43 Å². The molecular formula is C27H21N5O3S. The molecule has 5 rings (SSSR count). The molecule has 5 aromatic rings. The number of methoxy groups -OCH3 is 1. The quantitative estimate of drug-likeness (QED) is 0.192. The number of carbonyl (C=O) groups is 2. The monoisotopic (exact) mass is 495 g/mol. The van der Waals surface area contributed by atoms with Crippen molar-refractivity contribution in [3.8, 4) is 5.75 Å². The van der Waals surface area contributed by atoms with E-state index < -0.39 is 0 Å². The normalized spacial score (nSPS) is 11.1. The zero-order chi connectivity index (χ0) is 24.9. The molecule has 0 aliphatic carbocycles. The predicted octanol–water partition coefficient (Wildman–Crippen LogP) is 4.80. The minimum absolute atomic E-state index is 0.0102. The molecule has 178 valence electrons. The van der Waals surface area contributed by atoms with Crippen molar-refractivity contribution in [3.05, 3.63) is 95.0 Å². The van der Waals surface area contributed by atoms with E-state index in [9.17, 15) is 9.59 Å². The Balaban J connectivity index is 1.24. The summed E-state index contributed by atoms with van der Waals surface area (Å²) in [4.78, 5) is 24.9. The van der Waals surface area contributed by atoms with Crippen LogP contribution in [0.3, 0.4) is 0 Å². The SMILES string of the molecule is COc1ccc(C(=O)Nc2nnc(CC(=O)N/N=C/c3c4ccccc4cc4ccccc34)s2)cc1. The lowest BCUT2D eigenvalue weighted by Gasteiger charge is -2.07. The van der Waals surface area contributed by atoms with Crippen LogP contribution in [0.4, 0.5) is 5.13 Å². The molecular weight excluding hydrogens is 474 g/mol. The lowest BCUT2D eigenvalue weighted by atomic mass is 9.97. The molecule has 0 saturated carbocycles. The number of hydrogen-bond acceptors (Lipinski definition) is 7. The van der Waals surface area contributed by atoms with E-state index in [1.807, 2.05) is 36.4 Å². The van der Waals surface area contributed by atoms with Gasteiger partial charge in [-0.1, -0.05) is 59.9 Å². The second-order valence-corrected chi connectivity index (χ2v) is 8.95. The first-order valence-corrected chi connectivity index (χ1v) is 11.9. The van der Waals surface area contributed by atoms with Gasteiger partial charge in [-0.3, -0.25) is 14.9 Å². The number of hydrogen-bond donors (Lipinski definition) is 2. The second-order valence-electron chi connectivity index (χ2n) is 7.89. The summed E-state index contributed by atoms with van der Waals surface area (Å²) >= 11 is 1.13. The maximum Gasteiger partial charge on any atom is 0.257 e. The van der Waals surface area contributed by atoms with Gasteiger partial charge in [0.1, 0.15) is 10.8 Å². The van der Waals surface area contributed by atoms with E-state index in [1.165, 1.54) is 0 Å². The Bertz CT molecular complexity index is 1540. The molecule has 2 N–H and O–H groups in total. The Hall–Kier alpha value is -4.63. The largest absolute Gasteiger partial charge is 0.497 e. The van der Waals surface area contributed by atoms with Crippen molar-refractivity contribution >= 4 is 56.0 Å². The zero-order valence-electron chi connectivity index (χ0n) is 19.3. The molecule has 0 radical (unpaired) electrons. The van der Waals surface area contributed by atoms with Crippen LogP contribution >= 0.6 is 11.3 Å². The molecule has 36 heavy (non-hydrogen) atoms. The van der Waals surface area contributed by atoms with Crippen molar-refractivity contribution in [2.45, 2.75) is 6.42 Å². The van der Waals surface area contributed by atoms with Crippen molar-refractivity contribution in [3.63, 3.8) is 0 Å². The number of hydrazone groups is 1. The van der Waals surface area contributed by atoms with Gasteiger partial charge in [-0.05, 0) is 51.9 Å². The van der Waals surface area contributed by atoms with Crippen LogP contribution in [0.25, 0.3) is 21.5 Å². The molecule has 1 aromatic heterocycles. The Morgan fingerprint density at radius 2 is 1.61 bits per heavy atom. The molecule has 0 bridgehead atoms. The van der Waals surface area contributed by atoms with Crippen LogP contribution in [-0.2, 0) is 11.2 Å². The number of fused-ring (bicyclic) bond motifs is 2. The van der Waals surface area contributed by atoms with Gasteiger partial charge in [-0.2, -0.15) is 5.10 Å². The average Bonchev–Trinajstić information content (AvgIpc) is 3.34. The topological polar surface area (TPSA) is 106 Å². The van der Waals surface area contributed by atoms with E-state index in [-0.39, 0.29) is 18.2 Å². The summed E-state index contributed by atoms with van der Waals surface area (Å²) in [5.74, 6) is 0.00347. The highest BCUT2D eigenvalue weighted by Crippen LogP contribution is 2.27. The smallest absolute Gasteiger partial charge is 0.257 e. The number of anilines is 1. The average molecular weight is 496 g/mol.